The van der Waals surface area contributed by atoms with Crippen LogP contribution >= 0.6 is 0 Å². The number of hydrogen-bond acceptors (Lipinski definition) is 3. The van der Waals surface area contributed by atoms with Gasteiger partial charge in [-0.2, -0.15) is 0 Å². The Bertz CT molecular complexity index is 430. The first-order valence-corrected chi connectivity index (χ1v) is 8.06. The van der Waals surface area contributed by atoms with Gasteiger partial charge in [-0.15, -0.1) is 0 Å². The van der Waals surface area contributed by atoms with E-state index < -0.39 is 0 Å². The standard InChI is InChI=1S/C18H30N2O/c1-14(21)16-10-11-20(12-16)13-18(2,3)17(19-4)15-8-6-5-7-9-15/h5-9,14,16-17,19,21H,10-13H2,1-4H3. The molecule has 0 bridgehead atoms. The van der Waals surface area contributed by atoms with Crippen LogP contribution in [0, 0.1) is 11.3 Å². The molecule has 1 aliphatic rings. The summed E-state index contributed by atoms with van der Waals surface area (Å²) in [4.78, 5) is 2.50. The first-order valence-electron chi connectivity index (χ1n) is 8.06. The molecule has 1 heterocycles. The topological polar surface area (TPSA) is 35.5 Å². The molecule has 1 aromatic rings. The largest absolute Gasteiger partial charge is 0.393 e. The molecule has 1 aromatic carbocycles. The molecular weight excluding hydrogens is 260 g/mol. The fourth-order valence-corrected chi connectivity index (χ4v) is 3.72. The van der Waals surface area contributed by atoms with Gasteiger partial charge >= 0.3 is 0 Å². The number of hydrogen-bond donors (Lipinski definition) is 2. The minimum atomic E-state index is -0.188. The smallest absolute Gasteiger partial charge is 0.0552 e. The van der Waals surface area contributed by atoms with E-state index in [1.54, 1.807) is 0 Å². The molecule has 2 rings (SSSR count). The van der Waals surface area contributed by atoms with Gasteiger partial charge in [-0.1, -0.05) is 44.2 Å². The van der Waals surface area contributed by atoms with Crippen LogP contribution < -0.4 is 5.32 Å². The third-order valence-electron chi connectivity index (χ3n) is 4.83. The van der Waals surface area contributed by atoms with Crippen LogP contribution in [0.3, 0.4) is 0 Å². The number of likely N-dealkylation sites (tertiary alicyclic amines) is 1. The summed E-state index contributed by atoms with van der Waals surface area (Å²) >= 11 is 0. The molecule has 0 spiro atoms. The Labute approximate surface area is 129 Å². The van der Waals surface area contributed by atoms with E-state index in [9.17, 15) is 5.11 Å². The van der Waals surface area contributed by atoms with E-state index in [4.69, 9.17) is 0 Å². The van der Waals surface area contributed by atoms with Gasteiger partial charge in [-0.05, 0) is 43.8 Å². The molecule has 0 aromatic heterocycles. The highest BCUT2D eigenvalue weighted by atomic mass is 16.3. The summed E-state index contributed by atoms with van der Waals surface area (Å²) < 4.78 is 0. The summed E-state index contributed by atoms with van der Waals surface area (Å²) in [5, 5.41) is 13.3. The van der Waals surface area contributed by atoms with E-state index in [0.717, 1.165) is 26.1 Å². The Hall–Kier alpha value is -0.900. The maximum Gasteiger partial charge on any atom is 0.0552 e. The van der Waals surface area contributed by atoms with Crippen molar-refractivity contribution in [2.24, 2.45) is 11.3 Å². The van der Waals surface area contributed by atoms with Crippen molar-refractivity contribution in [1.82, 2.24) is 10.2 Å². The van der Waals surface area contributed by atoms with Crippen molar-refractivity contribution in [1.29, 1.82) is 0 Å². The number of nitrogens with zero attached hydrogens (tertiary/aromatic N) is 1. The van der Waals surface area contributed by atoms with Crippen LogP contribution in [0.15, 0.2) is 30.3 Å². The lowest BCUT2D eigenvalue weighted by Crippen LogP contribution is -2.41. The monoisotopic (exact) mass is 290 g/mol. The van der Waals surface area contributed by atoms with E-state index >= 15 is 0 Å². The molecule has 3 unspecified atom stereocenters. The fraction of sp³-hybridized carbons (Fsp3) is 0.667. The van der Waals surface area contributed by atoms with Crippen LogP contribution in [0.4, 0.5) is 0 Å². The SMILES string of the molecule is CNC(c1ccccc1)C(C)(C)CN1CCC(C(C)O)C1. The van der Waals surface area contributed by atoms with Crippen LogP contribution in [0.1, 0.15) is 38.8 Å². The van der Waals surface area contributed by atoms with Crippen molar-refractivity contribution in [2.75, 3.05) is 26.7 Å². The minimum absolute atomic E-state index is 0.143. The van der Waals surface area contributed by atoms with Crippen LogP contribution in [0.5, 0.6) is 0 Å². The molecule has 0 radical (unpaired) electrons. The maximum absolute atomic E-state index is 9.76. The van der Waals surface area contributed by atoms with Gasteiger partial charge in [0.2, 0.25) is 0 Å². The predicted octanol–water partition coefficient (Wildman–Crippen LogP) is 2.68. The fourth-order valence-electron chi connectivity index (χ4n) is 3.72. The molecule has 1 fully saturated rings. The van der Waals surface area contributed by atoms with Gasteiger partial charge < -0.3 is 15.3 Å². The van der Waals surface area contributed by atoms with Gasteiger partial charge in [0, 0.05) is 19.1 Å². The van der Waals surface area contributed by atoms with Crippen LogP contribution in [-0.4, -0.2) is 42.8 Å². The van der Waals surface area contributed by atoms with Crippen LogP contribution in [0.2, 0.25) is 0 Å². The highest BCUT2D eigenvalue weighted by molar-refractivity contribution is 5.21. The summed E-state index contributed by atoms with van der Waals surface area (Å²) in [5.41, 5.74) is 1.49. The summed E-state index contributed by atoms with van der Waals surface area (Å²) in [6.07, 6.45) is 0.927. The molecule has 0 aliphatic carbocycles. The van der Waals surface area contributed by atoms with Gasteiger partial charge in [0.05, 0.1) is 6.10 Å². The van der Waals surface area contributed by atoms with E-state index in [0.29, 0.717) is 12.0 Å². The highest BCUT2D eigenvalue weighted by Gasteiger charge is 2.35. The highest BCUT2D eigenvalue weighted by Crippen LogP contribution is 2.35. The third-order valence-corrected chi connectivity index (χ3v) is 4.83. The van der Waals surface area contributed by atoms with Crippen molar-refractivity contribution >= 4 is 0 Å². The predicted molar refractivity (Wildman–Crippen MR) is 88.3 cm³/mol. The molecule has 1 saturated heterocycles. The molecule has 118 valence electrons. The number of rotatable bonds is 6. The van der Waals surface area contributed by atoms with Crippen molar-refractivity contribution in [3.63, 3.8) is 0 Å². The van der Waals surface area contributed by atoms with Gasteiger partial charge in [0.15, 0.2) is 0 Å². The Morgan fingerprint density at radius 1 is 1.33 bits per heavy atom. The number of aliphatic hydroxyl groups is 1. The molecule has 3 heteroatoms. The Morgan fingerprint density at radius 3 is 2.52 bits per heavy atom. The van der Waals surface area contributed by atoms with E-state index in [1.807, 2.05) is 14.0 Å². The Kier molecular flexibility index (Phi) is 5.42. The molecule has 1 aliphatic heterocycles. The van der Waals surface area contributed by atoms with Crippen molar-refractivity contribution in [3.05, 3.63) is 35.9 Å². The molecule has 0 saturated carbocycles. The lowest BCUT2D eigenvalue weighted by molar-refractivity contribution is 0.114. The molecule has 3 nitrogen and oxygen atoms in total. The molecule has 2 N–H and O–H groups in total. The summed E-state index contributed by atoms with van der Waals surface area (Å²) in [7, 11) is 2.04. The van der Waals surface area contributed by atoms with Gasteiger partial charge in [0.25, 0.3) is 0 Å². The Balaban J connectivity index is 2.03. The first-order chi connectivity index (χ1) is 9.94. The summed E-state index contributed by atoms with van der Waals surface area (Å²) in [5.74, 6) is 0.436. The number of nitrogens with one attached hydrogen (secondary N) is 1. The lowest BCUT2D eigenvalue weighted by atomic mass is 9.80. The number of aliphatic hydroxyl groups excluding tert-OH is 1. The van der Waals surface area contributed by atoms with Crippen molar-refractivity contribution in [3.8, 4) is 0 Å². The van der Waals surface area contributed by atoms with Gasteiger partial charge in [0.1, 0.15) is 0 Å². The average Bonchev–Trinajstić information content (AvgIpc) is 2.88. The van der Waals surface area contributed by atoms with Crippen LogP contribution in [0.25, 0.3) is 0 Å². The van der Waals surface area contributed by atoms with E-state index in [2.05, 4.69) is 54.4 Å². The normalized spacial score (nSPS) is 23.2. The molecule has 0 amide bonds. The summed E-state index contributed by atoms with van der Waals surface area (Å²) in [6.45, 7) is 9.75. The first kappa shape index (κ1) is 16.5. The van der Waals surface area contributed by atoms with Crippen LogP contribution in [-0.2, 0) is 0 Å². The second-order valence-corrected chi connectivity index (χ2v) is 7.15. The number of benzene rings is 1. The maximum atomic E-state index is 9.76. The zero-order chi connectivity index (χ0) is 15.5. The zero-order valence-electron chi connectivity index (χ0n) is 13.8. The third kappa shape index (κ3) is 4.06. The van der Waals surface area contributed by atoms with Gasteiger partial charge in [-0.3, -0.25) is 0 Å². The molecule has 21 heavy (non-hydrogen) atoms. The molecular formula is C18H30N2O. The van der Waals surface area contributed by atoms with E-state index in [1.165, 1.54) is 5.56 Å². The van der Waals surface area contributed by atoms with E-state index in [-0.39, 0.29) is 11.5 Å². The average molecular weight is 290 g/mol. The second kappa shape index (κ2) is 6.91. The van der Waals surface area contributed by atoms with Crippen molar-refractivity contribution in [2.45, 2.75) is 39.3 Å². The minimum Gasteiger partial charge on any atom is -0.393 e. The van der Waals surface area contributed by atoms with Crippen molar-refractivity contribution < 1.29 is 5.11 Å². The zero-order valence-corrected chi connectivity index (χ0v) is 13.8. The quantitative estimate of drug-likeness (QED) is 0.845. The summed E-state index contributed by atoms with van der Waals surface area (Å²) in [6, 6.07) is 11.0. The second-order valence-electron chi connectivity index (χ2n) is 7.15. The van der Waals surface area contributed by atoms with Gasteiger partial charge in [-0.25, -0.2) is 0 Å². The lowest BCUT2D eigenvalue weighted by Gasteiger charge is -2.38. The Morgan fingerprint density at radius 2 is 2.00 bits per heavy atom. The molecule has 3 atom stereocenters.